The highest BCUT2D eigenvalue weighted by Gasteiger charge is 2.35. The Balaban J connectivity index is 0.00000176. The molecule has 1 N–H and O–H groups in total. The Labute approximate surface area is 140 Å². The van der Waals surface area contributed by atoms with Crippen LogP contribution in [0.5, 0.6) is 0 Å². The van der Waals surface area contributed by atoms with Crippen LogP contribution in [0.4, 0.5) is 5.82 Å². The van der Waals surface area contributed by atoms with Crippen molar-refractivity contribution in [3.63, 3.8) is 0 Å². The fourth-order valence-electron chi connectivity index (χ4n) is 3.08. The van der Waals surface area contributed by atoms with E-state index in [0.717, 1.165) is 31.0 Å². The SMILES string of the molecule is CC(C)N(C)c1ccc(CN(C2CC2)C2CCNC2)cn1.Cl. The number of anilines is 1. The Morgan fingerprint density at radius 1 is 1.23 bits per heavy atom. The molecule has 0 radical (unpaired) electrons. The van der Waals surface area contributed by atoms with Crippen LogP contribution in [0.1, 0.15) is 38.7 Å². The molecule has 1 aromatic heterocycles. The van der Waals surface area contributed by atoms with Gasteiger partial charge in [0.15, 0.2) is 0 Å². The second kappa shape index (κ2) is 7.62. The molecule has 1 saturated carbocycles. The molecule has 2 fully saturated rings. The molecule has 5 heteroatoms. The molecule has 0 spiro atoms. The van der Waals surface area contributed by atoms with Crippen molar-refractivity contribution in [1.29, 1.82) is 0 Å². The third-order valence-electron chi connectivity index (χ3n) is 4.83. The number of hydrogen-bond donors (Lipinski definition) is 1. The molecule has 2 aliphatic rings. The number of halogens is 1. The number of nitrogens with zero attached hydrogens (tertiary/aromatic N) is 3. The lowest BCUT2D eigenvalue weighted by atomic mass is 10.1. The van der Waals surface area contributed by atoms with Crippen LogP contribution in [-0.4, -0.2) is 48.1 Å². The summed E-state index contributed by atoms with van der Waals surface area (Å²) in [5.74, 6) is 1.06. The molecular formula is C17H29ClN4. The summed E-state index contributed by atoms with van der Waals surface area (Å²) in [6.45, 7) is 7.76. The highest BCUT2D eigenvalue weighted by atomic mass is 35.5. The summed E-state index contributed by atoms with van der Waals surface area (Å²) in [6.07, 6.45) is 6.10. The second-order valence-electron chi connectivity index (χ2n) is 6.78. The quantitative estimate of drug-likeness (QED) is 0.871. The van der Waals surface area contributed by atoms with Crippen LogP contribution >= 0.6 is 12.4 Å². The van der Waals surface area contributed by atoms with E-state index in [1.165, 1.54) is 31.4 Å². The molecule has 0 bridgehead atoms. The monoisotopic (exact) mass is 324 g/mol. The highest BCUT2D eigenvalue weighted by molar-refractivity contribution is 5.85. The van der Waals surface area contributed by atoms with Gasteiger partial charge < -0.3 is 10.2 Å². The molecule has 124 valence electrons. The first-order valence-corrected chi connectivity index (χ1v) is 8.29. The molecule has 1 aliphatic heterocycles. The van der Waals surface area contributed by atoms with E-state index in [2.05, 4.69) is 59.3 Å². The molecule has 3 rings (SSSR count). The lowest BCUT2D eigenvalue weighted by Gasteiger charge is -2.28. The fraction of sp³-hybridized carbons (Fsp3) is 0.706. The summed E-state index contributed by atoms with van der Waals surface area (Å²) in [4.78, 5) is 9.55. The highest BCUT2D eigenvalue weighted by Crippen LogP contribution is 2.31. The summed E-state index contributed by atoms with van der Waals surface area (Å²) in [5.41, 5.74) is 1.34. The van der Waals surface area contributed by atoms with Gasteiger partial charge in [-0.25, -0.2) is 4.98 Å². The zero-order valence-electron chi connectivity index (χ0n) is 14.0. The van der Waals surface area contributed by atoms with E-state index in [1.807, 2.05) is 0 Å². The first kappa shape index (κ1) is 17.5. The lowest BCUT2D eigenvalue weighted by Crippen LogP contribution is -2.38. The predicted octanol–water partition coefficient (Wildman–Crippen LogP) is 2.67. The van der Waals surface area contributed by atoms with Gasteiger partial charge in [-0.2, -0.15) is 0 Å². The number of aromatic nitrogens is 1. The molecule has 1 atom stereocenters. The Morgan fingerprint density at radius 3 is 2.50 bits per heavy atom. The Hall–Kier alpha value is -0.840. The topological polar surface area (TPSA) is 31.4 Å². The number of pyridine rings is 1. The summed E-state index contributed by atoms with van der Waals surface area (Å²) in [7, 11) is 2.10. The molecule has 0 amide bonds. The Kier molecular flexibility index (Phi) is 6.07. The number of rotatable bonds is 6. The predicted molar refractivity (Wildman–Crippen MR) is 94.9 cm³/mol. The van der Waals surface area contributed by atoms with Crippen molar-refractivity contribution < 1.29 is 0 Å². The first-order chi connectivity index (χ1) is 10.1. The summed E-state index contributed by atoms with van der Waals surface area (Å²) in [5, 5.41) is 3.49. The van der Waals surface area contributed by atoms with E-state index < -0.39 is 0 Å². The maximum atomic E-state index is 4.64. The first-order valence-electron chi connectivity index (χ1n) is 8.29. The van der Waals surface area contributed by atoms with Crippen molar-refractivity contribution in [2.24, 2.45) is 0 Å². The van der Waals surface area contributed by atoms with Gasteiger partial charge in [0.25, 0.3) is 0 Å². The van der Waals surface area contributed by atoms with Crippen LogP contribution in [0.3, 0.4) is 0 Å². The van der Waals surface area contributed by atoms with E-state index in [4.69, 9.17) is 0 Å². The van der Waals surface area contributed by atoms with Crippen molar-refractivity contribution in [3.05, 3.63) is 23.9 Å². The molecule has 0 aromatic carbocycles. The maximum Gasteiger partial charge on any atom is 0.128 e. The third kappa shape index (κ3) is 4.12. The number of nitrogens with one attached hydrogen (secondary N) is 1. The molecule has 1 saturated heterocycles. The summed E-state index contributed by atoms with van der Waals surface area (Å²) >= 11 is 0. The van der Waals surface area contributed by atoms with E-state index in [9.17, 15) is 0 Å². The Bertz CT molecular complexity index is 452. The lowest BCUT2D eigenvalue weighted by molar-refractivity contribution is 0.188. The van der Waals surface area contributed by atoms with Crippen molar-refractivity contribution in [1.82, 2.24) is 15.2 Å². The fourth-order valence-corrected chi connectivity index (χ4v) is 3.08. The van der Waals surface area contributed by atoms with Gasteiger partial charge in [0.2, 0.25) is 0 Å². The van der Waals surface area contributed by atoms with Gasteiger partial charge in [-0.3, -0.25) is 4.90 Å². The van der Waals surface area contributed by atoms with Crippen LogP contribution < -0.4 is 10.2 Å². The normalized spacial score (nSPS) is 21.2. The van der Waals surface area contributed by atoms with Gasteiger partial charge in [-0.1, -0.05) is 6.07 Å². The summed E-state index contributed by atoms with van der Waals surface area (Å²) < 4.78 is 0. The van der Waals surface area contributed by atoms with Crippen molar-refractivity contribution in [2.45, 2.75) is 57.8 Å². The zero-order valence-corrected chi connectivity index (χ0v) is 14.8. The molecule has 1 aliphatic carbocycles. The molecule has 22 heavy (non-hydrogen) atoms. The molecule has 2 heterocycles. The van der Waals surface area contributed by atoms with Crippen LogP contribution in [0.15, 0.2) is 18.3 Å². The minimum Gasteiger partial charge on any atom is -0.357 e. The maximum absolute atomic E-state index is 4.64. The third-order valence-corrected chi connectivity index (χ3v) is 4.83. The van der Waals surface area contributed by atoms with Gasteiger partial charge in [0.05, 0.1) is 0 Å². The molecule has 1 aromatic rings. The smallest absolute Gasteiger partial charge is 0.128 e. The van der Waals surface area contributed by atoms with Crippen LogP contribution in [0.2, 0.25) is 0 Å². The van der Waals surface area contributed by atoms with Gasteiger partial charge in [0.1, 0.15) is 5.82 Å². The summed E-state index contributed by atoms with van der Waals surface area (Å²) in [6, 6.07) is 6.42. The van der Waals surface area contributed by atoms with Crippen molar-refractivity contribution >= 4 is 18.2 Å². The zero-order chi connectivity index (χ0) is 14.8. The molecular weight excluding hydrogens is 296 g/mol. The largest absolute Gasteiger partial charge is 0.357 e. The van der Waals surface area contributed by atoms with Crippen LogP contribution in [-0.2, 0) is 6.54 Å². The molecule has 4 nitrogen and oxygen atoms in total. The van der Waals surface area contributed by atoms with Crippen LogP contribution in [0, 0.1) is 0 Å². The average Bonchev–Trinajstić information content (AvgIpc) is 3.19. The van der Waals surface area contributed by atoms with E-state index in [-0.39, 0.29) is 12.4 Å². The van der Waals surface area contributed by atoms with Crippen LogP contribution in [0.25, 0.3) is 0 Å². The van der Waals surface area contributed by atoms with Gasteiger partial charge in [-0.15, -0.1) is 12.4 Å². The molecule has 1 unspecified atom stereocenters. The van der Waals surface area contributed by atoms with Gasteiger partial charge in [-0.05, 0) is 51.3 Å². The van der Waals surface area contributed by atoms with Crippen molar-refractivity contribution in [3.8, 4) is 0 Å². The standard InChI is InChI=1S/C17H28N4.ClH/c1-13(2)20(3)17-7-4-14(10-19-17)12-21(15-5-6-15)16-8-9-18-11-16;/h4,7,10,13,15-16,18H,5-6,8-9,11-12H2,1-3H3;1H. The van der Waals surface area contributed by atoms with Gasteiger partial charge >= 0.3 is 0 Å². The number of hydrogen-bond acceptors (Lipinski definition) is 4. The van der Waals surface area contributed by atoms with E-state index in [0.29, 0.717) is 6.04 Å². The van der Waals surface area contributed by atoms with E-state index in [1.54, 1.807) is 0 Å². The van der Waals surface area contributed by atoms with Crippen molar-refractivity contribution in [2.75, 3.05) is 25.0 Å². The van der Waals surface area contributed by atoms with Gasteiger partial charge in [0, 0.05) is 44.5 Å². The minimum atomic E-state index is 0. The van der Waals surface area contributed by atoms with E-state index >= 15 is 0 Å². The minimum absolute atomic E-state index is 0. The second-order valence-corrected chi connectivity index (χ2v) is 6.78. The Morgan fingerprint density at radius 2 is 2.00 bits per heavy atom. The average molecular weight is 325 g/mol.